The summed E-state index contributed by atoms with van der Waals surface area (Å²) in [5.74, 6) is 1.10. The maximum absolute atomic E-state index is 11.9. The van der Waals surface area contributed by atoms with Crippen LogP contribution in [0.15, 0.2) is 35.0 Å². The van der Waals surface area contributed by atoms with Crippen molar-refractivity contribution in [2.75, 3.05) is 19.5 Å². The molecule has 0 saturated heterocycles. The molecule has 0 fully saturated rings. The molecule has 1 aromatic heterocycles. The van der Waals surface area contributed by atoms with Gasteiger partial charge in [0.05, 0.1) is 25.5 Å². The Morgan fingerprint density at radius 3 is 2.67 bits per heavy atom. The van der Waals surface area contributed by atoms with E-state index in [1.54, 1.807) is 43.9 Å². The zero-order chi connectivity index (χ0) is 13.0. The van der Waals surface area contributed by atoms with E-state index in [9.17, 15) is 4.79 Å². The van der Waals surface area contributed by atoms with E-state index in [0.717, 1.165) is 0 Å². The monoisotopic (exact) mass is 263 g/mol. The van der Waals surface area contributed by atoms with E-state index in [4.69, 9.17) is 9.47 Å². The van der Waals surface area contributed by atoms with Crippen molar-refractivity contribution in [2.24, 2.45) is 0 Å². The minimum atomic E-state index is -0.164. The Morgan fingerprint density at radius 1 is 1.22 bits per heavy atom. The second-order valence-electron chi connectivity index (χ2n) is 3.53. The fraction of sp³-hybridized carbons (Fsp3) is 0.154. The molecular formula is C13H13NO3S. The van der Waals surface area contributed by atoms with Gasteiger partial charge in [-0.3, -0.25) is 4.79 Å². The maximum Gasteiger partial charge on any atom is 0.256 e. The van der Waals surface area contributed by atoms with E-state index in [1.807, 2.05) is 5.38 Å². The number of thiophene rings is 1. The van der Waals surface area contributed by atoms with E-state index in [0.29, 0.717) is 22.7 Å². The summed E-state index contributed by atoms with van der Waals surface area (Å²) in [5, 5.41) is 6.45. The van der Waals surface area contributed by atoms with Gasteiger partial charge in [-0.2, -0.15) is 11.3 Å². The first-order valence-electron chi connectivity index (χ1n) is 5.30. The van der Waals surface area contributed by atoms with Crippen LogP contribution in [0.1, 0.15) is 10.4 Å². The second-order valence-corrected chi connectivity index (χ2v) is 4.31. The first-order chi connectivity index (χ1) is 8.74. The van der Waals surface area contributed by atoms with Crippen LogP contribution in [0.4, 0.5) is 5.69 Å². The zero-order valence-corrected chi connectivity index (χ0v) is 10.9. The summed E-state index contributed by atoms with van der Waals surface area (Å²) in [6, 6.07) is 7.02. The Balaban J connectivity index is 2.24. The van der Waals surface area contributed by atoms with Crippen molar-refractivity contribution in [2.45, 2.75) is 0 Å². The van der Waals surface area contributed by atoms with E-state index in [2.05, 4.69) is 5.32 Å². The molecule has 0 radical (unpaired) electrons. The average molecular weight is 263 g/mol. The molecule has 5 heteroatoms. The van der Waals surface area contributed by atoms with Crippen molar-refractivity contribution in [3.8, 4) is 11.5 Å². The van der Waals surface area contributed by atoms with Crippen LogP contribution in [-0.2, 0) is 0 Å². The van der Waals surface area contributed by atoms with Crippen LogP contribution >= 0.6 is 11.3 Å². The number of ether oxygens (including phenoxy) is 2. The number of nitrogens with one attached hydrogen (secondary N) is 1. The lowest BCUT2D eigenvalue weighted by atomic mass is 10.2. The molecule has 0 aliphatic rings. The number of hydrogen-bond donors (Lipinski definition) is 1. The SMILES string of the molecule is COc1ccc(OC)c(NC(=O)c2ccsc2)c1. The highest BCUT2D eigenvalue weighted by Crippen LogP contribution is 2.29. The van der Waals surface area contributed by atoms with Crippen LogP contribution in [0.2, 0.25) is 0 Å². The lowest BCUT2D eigenvalue weighted by Crippen LogP contribution is -2.11. The Morgan fingerprint density at radius 2 is 2.06 bits per heavy atom. The lowest BCUT2D eigenvalue weighted by molar-refractivity contribution is 0.102. The summed E-state index contributed by atoms with van der Waals surface area (Å²) in [5.41, 5.74) is 1.22. The molecule has 0 aliphatic carbocycles. The van der Waals surface area contributed by atoms with E-state index in [1.165, 1.54) is 11.3 Å². The van der Waals surface area contributed by atoms with Gasteiger partial charge < -0.3 is 14.8 Å². The van der Waals surface area contributed by atoms with Crippen molar-refractivity contribution >= 4 is 22.9 Å². The third-order valence-corrected chi connectivity index (χ3v) is 3.12. The highest BCUT2D eigenvalue weighted by Gasteiger charge is 2.10. The first kappa shape index (κ1) is 12.4. The minimum absolute atomic E-state index is 0.164. The molecule has 94 valence electrons. The molecular weight excluding hydrogens is 250 g/mol. The number of carbonyl (C=O) groups excluding carboxylic acids is 1. The van der Waals surface area contributed by atoms with Crippen molar-refractivity contribution < 1.29 is 14.3 Å². The molecule has 1 amide bonds. The van der Waals surface area contributed by atoms with Crippen LogP contribution in [-0.4, -0.2) is 20.1 Å². The molecule has 0 atom stereocenters. The van der Waals surface area contributed by atoms with Gasteiger partial charge in [-0.25, -0.2) is 0 Å². The molecule has 0 aliphatic heterocycles. The summed E-state index contributed by atoms with van der Waals surface area (Å²) in [6.07, 6.45) is 0. The quantitative estimate of drug-likeness (QED) is 0.922. The van der Waals surface area contributed by atoms with Gasteiger partial charge in [0.2, 0.25) is 0 Å². The molecule has 1 heterocycles. The number of amides is 1. The molecule has 4 nitrogen and oxygen atoms in total. The molecule has 2 rings (SSSR count). The third kappa shape index (κ3) is 2.62. The number of rotatable bonds is 4. The predicted molar refractivity (Wildman–Crippen MR) is 71.8 cm³/mol. The molecule has 2 aromatic rings. The smallest absolute Gasteiger partial charge is 0.256 e. The minimum Gasteiger partial charge on any atom is -0.497 e. The zero-order valence-electron chi connectivity index (χ0n) is 10.1. The summed E-state index contributed by atoms with van der Waals surface area (Å²) < 4.78 is 10.3. The van der Waals surface area contributed by atoms with Gasteiger partial charge in [0.1, 0.15) is 11.5 Å². The van der Waals surface area contributed by atoms with Crippen molar-refractivity contribution in [3.63, 3.8) is 0 Å². The standard InChI is InChI=1S/C13H13NO3S/c1-16-10-3-4-12(17-2)11(7-10)14-13(15)9-5-6-18-8-9/h3-8H,1-2H3,(H,14,15). The van der Waals surface area contributed by atoms with E-state index < -0.39 is 0 Å². The normalized spacial score (nSPS) is 9.89. The highest BCUT2D eigenvalue weighted by atomic mass is 32.1. The Labute approximate surface area is 109 Å². The molecule has 0 bridgehead atoms. The summed E-state index contributed by atoms with van der Waals surface area (Å²) in [7, 11) is 3.13. The van der Waals surface area contributed by atoms with Crippen LogP contribution < -0.4 is 14.8 Å². The van der Waals surface area contributed by atoms with Gasteiger partial charge in [-0.1, -0.05) is 0 Å². The molecule has 0 unspecified atom stereocenters. The van der Waals surface area contributed by atoms with Crippen molar-refractivity contribution in [3.05, 3.63) is 40.6 Å². The number of carbonyl (C=O) groups is 1. The predicted octanol–water partition coefficient (Wildman–Crippen LogP) is 3.02. The largest absolute Gasteiger partial charge is 0.497 e. The van der Waals surface area contributed by atoms with Gasteiger partial charge in [0.25, 0.3) is 5.91 Å². The van der Waals surface area contributed by atoms with Crippen LogP contribution in [0.3, 0.4) is 0 Å². The highest BCUT2D eigenvalue weighted by molar-refractivity contribution is 7.08. The Hall–Kier alpha value is -2.01. The van der Waals surface area contributed by atoms with Gasteiger partial charge in [-0.15, -0.1) is 0 Å². The first-order valence-corrected chi connectivity index (χ1v) is 6.24. The number of benzene rings is 1. The van der Waals surface area contributed by atoms with Crippen molar-refractivity contribution in [1.29, 1.82) is 0 Å². The van der Waals surface area contributed by atoms with Crippen LogP contribution in [0.25, 0.3) is 0 Å². The maximum atomic E-state index is 11.9. The number of hydrogen-bond acceptors (Lipinski definition) is 4. The fourth-order valence-corrected chi connectivity index (χ4v) is 2.14. The number of anilines is 1. The van der Waals surface area contributed by atoms with Gasteiger partial charge in [0, 0.05) is 11.4 Å². The molecule has 0 saturated carbocycles. The topological polar surface area (TPSA) is 47.6 Å². The van der Waals surface area contributed by atoms with Gasteiger partial charge in [-0.05, 0) is 23.6 Å². The molecule has 1 N–H and O–H groups in total. The summed E-state index contributed by atoms with van der Waals surface area (Å²) in [6.45, 7) is 0. The third-order valence-electron chi connectivity index (χ3n) is 2.44. The summed E-state index contributed by atoms with van der Waals surface area (Å²) in [4.78, 5) is 11.9. The van der Waals surface area contributed by atoms with Crippen LogP contribution in [0.5, 0.6) is 11.5 Å². The van der Waals surface area contributed by atoms with Crippen LogP contribution in [0, 0.1) is 0 Å². The number of methoxy groups -OCH3 is 2. The molecule has 0 spiro atoms. The van der Waals surface area contributed by atoms with Gasteiger partial charge >= 0.3 is 0 Å². The molecule has 18 heavy (non-hydrogen) atoms. The van der Waals surface area contributed by atoms with Crippen molar-refractivity contribution in [1.82, 2.24) is 0 Å². The molecule has 1 aromatic carbocycles. The van der Waals surface area contributed by atoms with E-state index in [-0.39, 0.29) is 5.91 Å². The van der Waals surface area contributed by atoms with Gasteiger partial charge in [0.15, 0.2) is 0 Å². The Bertz CT molecular complexity index is 537. The fourth-order valence-electron chi connectivity index (χ4n) is 1.50. The second kappa shape index (κ2) is 5.55. The summed E-state index contributed by atoms with van der Waals surface area (Å²) >= 11 is 1.48. The lowest BCUT2D eigenvalue weighted by Gasteiger charge is -2.11. The average Bonchev–Trinajstić information content (AvgIpc) is 2.92. The van der Waals surface area contributed by atoms with E-state index >= 15 is 0 Å². The Kier molecular flexibility index (Phi) is 3.84.